The van der Waals surface area contributed by atoms with Crippen LogP contribution in [-0.2, 0) is 8.85 Å². The highest BCUT2D eigenvalue weighted by Gasteiger charge is 2.35. The quantitative estimate of drug-likeness (QED) is 0.489. The van der Waals surface area contributed by atoms with Gasteiger partial charge in [-0.15, -0.1) is 0 Å². The molecule has 0 bridgehead atoms. The summed E-state index contributed by atoms with van der Waals surface area (Å²) in [5.74, 6) is 0.929. The molecule has 86 valence electrons. The Kier molecular flexibility index (Phi) is 9.07. The van der Waals surface area contributed by atoms with E-state index in [4.69, 9.17) is 8.85 Å². The van der Waals surface area contributed by atoms with E-state index in [1.54, 1.807) is 0 Å². The molecule has 0 saturated carbocycles. The van der Waals surface area contributed by atoms with Crippen molar-refractivity contribution in [2.45, 2.75) is 45.7 Å². The van der Waals surface area contributed by atoms with Crippen LogP contribution in [0.3, 0.4) is 0 Å². The van der Waals surface area contributed by atoms with Gasteiger partial charge in [-0.05, 0) is 38.1 Å². The predicted octanol–water partition coefficient (Wildman–Crippen LogP) is 3.23. The molecule has 14 heavy (non-hydrogen) atoms. The third-order valence-electron chi connectivity index (χ3n) is 2.16. The standard InChI is InChI=1S/C10H24O2SSi/c1-4-9-14(11-5-2,12-6-3)10-7-8-13/h13H,4-10H2,1-3H3. The Hall–Kier alpha value is 0.487. The summed E-state index contributed by atoms with van der Waals surface area (Å²) in [6.07, 6.45) is 2.26. The molecular formula is C10H24O2SSi. The Morgan fingerprint density at radius 3 is 1.93 bits per heavy atom. The van der Waals surface area contributed by atoms with E-state index in [1.165, 1.54) is 0 Å². The lowest BCUT2D eigenvalue weighted by Gasteiger charge is -2.29. The minimum absolute atomic E-state index is 0.777. The second-order valence-corrected chi connectivity index (χ2v) is 7.20. The van der Waals surface area contributed by atoms with Crippen LogP contribution < -0.4 is 0 Å². The van der Waals surface area contributed by atoms with Crippen LogP contribution in [0.25, 0.3) is 0 Å². The van der Waals surface area contributed by atoms with Crippen LogP contribution >= 0.6 is 12.6 Å². The van der Waals surface area contributed by atoms with Crippen LogP contribution in [0.2, 0.25) is 12.1 Å². The van der Waals surface area contributed by atoms with Crippen molar-refractivity contribution in [1.29, 1.82) is 0 Å². The van der Waals surface area contributed by atoms with Crippen LogP contribution in [0.4, 0.5) is 0 Å². The van der Waals surface area contributed by atoms with Gasteiger partial charge in [-0.2, -0.15) is 12.6 Å². The monoisotopic (exact) mass is 236 g/mol. The van der Waals surface area contributed by atoms with Gasteiger partial charge in [0.25, 0.3) is 0 Å². The first-order chi connectivity index (χ1) is 6.74. The van der Waals surface area contributed by atoms with E-state index >= 15 is 0 Å². The molecule has 0 aromatic rings. The molecule has 0 aromatic carbocycles. The van der Waals surface area contributed by atoms with Crippen LogP contribution in [0.15, 0.2) is 0 Å². The third-order valence-corrected chi connectivity index (χ3v) is 6.48. The molecule has 0 unspecified atom stereocenters. The normalized spacial score (nSPS) is 12.0. The summed E-state index contributed by atoms with van der Waals surface area (Å²) in [5, 5.41) is 0. The number of thiol groups is 1. The highest BCUT2D eigenvalue weighted by molar-refractivity contribution is 7.80. The van der Waals surface area contributed by atoms with Gasteiger partial charge in [-0.25, -0.2) is 0 Å². The van der Waals surface area contributed by atoms with Crippen molar-refractivity contribution in [3.8, 4) is 0 Å². The maximum atomic E-state index is 5.90. The summed E-state index contributed by atoms with van der Waals surface area (Å²) in [6.45, 7) is 7.85. The maximum Gasteiger partial charge on any atom is 0.338 e. The van der Waals surface area contributed by atoms with Crippen molar-refractivity contribution in [1.82, 2.24) is 0 Å². The minimum atomic E-state index is -1.87. The largest absolute Gasteiger partial charge is 0.394 e. The van der Waals surface area contributed by atoms with E-state index in [0.29, 0.717) is 0 Å². The Morgan fingerprint density at radius 2 is 1.57 bits per heavy atom. The first kappa shape index (κ1) is 14.5. The van der Waals surface area contributed by atoms with Gasteiger partial charge >= 0.3 is 8.56 Å². The van der Waals surface area contributed by atoms with Crippen molar-refractivity contribution in [3.05, 3.63) is 0 Å². The molecule has 0 rings (SSSR count). The van der Waals surface area contributed by atoms with Crippen molar-refractivity contribution in [3.63, 3.8) is 0 Å². The van der Waals surface area contributed by atoms with Crippen LogP contribution in [0.5, 0.6) is 0 Å². The van der Waals surface area contributed by atoms with Gasteiger partial charge in [0.2, 0.25) is 0 Å². The average molecular weight is 236 g/mol. The van der Waals surface area contributed by atoms with Crippen LogP contribution in [0.1, 0.15) is 33.6 Å². The van der Waals surface area contributed by atoms with E-state index in [0.717, 1.165) is 43.9 Å². The molecule has 0 heterocycles. The molecule has 0 atom stereocenters. The Labute approximate surface area is 95.0 Å². The van der Waals surface area contributed by atoms with Gasteiger partial charge in [0.15, 0.2) is 0 Å². The summed E-state index contributed by atoms with van der Waals surface area (Å²) in [7, 11) is -1.87. The van der Waals surface area contributed by atoms with E-state index in [-0.39, 0.29) is 0 Å². The smallest absolute Gasteiger partial charge is 0.338 e. The van der Waals surface area contributed by atoms with Gasteiger partial charge in [0.05, 0.1) is 0 Å². The Morgan fingerprint density at radius 1 is 1.00 bits per heavy atom. The zero-order valence-corrected chi connectivity index (χ0v) is 11.6. The van der Waals surface area contributed by atoms with E-state index in [1.807, 2.05) is 0 Å². The van der Waals surface area contributed by atoms with Crippen molar-refractivity contribution in [2.75, 3.05) is 19.0 Å². The second-order valence-electron chi connectivity index (χ2n) is 3.35. The average Bonchev–Trinajstić information content (AvgIpc) is 2.16. The third kappa shape index (κ3) is 5.39. The molecule has 0 radical (unpaired) electrons. The zero-order chi connectivity index (χ0) is 10.9. The fourth-order valence-electron chi connectivity index (χ4n) is 1.71. The molecule has 0 spiro atoms. The van der Waals surface area contributed by atoms with Crippen LogP contribution in [-0.4, -0.2) is 27.5 Å². The van der Waals surface area contributed by atoms with E-state index in [9.17, 15) is 0 Å². The number of hydrogen-bond donors (Lipinski definition) is 1. The SMILES string of the molecule is CCC[Si](CCCS)(OCC)OCC. The highest BCUT2D eigenvalue weighted by Crippen LogP contribution is 2.23. The summed E-state index contributed by atoms with van der Waals surface area (Å²) < 4.78 is 11.8. The molecule has 0 aliphatic heterocycles. The summed E-state index contributed by atoms with van der Waals surface area (Å²) in [5.41, 5.74) is 0. The summed E-state index contributed by atoms with van der Waals surface area (Å²) in [4.78, 5) is 0. The first-order valence-electron chi connectivity index (χ1n) is 5.63. The lowest BCUT2D eigenvalue weighted by Crippen LogP contribution is -2.42. The van der Waals surface area contributed by atoms with Crippen LogP contribution in [0, 0.1) is 0 Å². The fourth-order valence-corrected chi connectivity index (χ4v) is 5.61. The molecule has 0 saturated heterocycles. The lowest BCUT2D eigenvalue weighted by atomic mass is 10.6. The number of rotatable bonds is 9. The second kappa shape index (κ2) is 8.77. The molecule has 2 nitrogen and oxygen atoms in total. The summed E-state index contributed by atoms with van der Waals surface area (Å²) in [6, 6.07) is 2.20. The highest BCUT2D eigenvalue weighted by atomic mass is 32.1. The molecule has 0 aliphatic rings. The molecule has 0 N–H and O–H groups in total. The summed E-state index contributed by atoms with van der Waals surface area (Å²) >= 11 is 4.25. The first-order valence-corrected chi connectivity index (χ1v) is 8.49. The van der Waals surface area contributed by atoms with Gasteiger partial charge in [0.1, 0.15) is 0 Å². The van der Waals surface area contributed by atoms with Gasteiger partial charge in [-0.1, -0.05) is 13.3 Å². The molecule has 0 aliphatic carbocycles. The topological polar surface area (TPSA) is 18.5 Å². The molecule has 0 amide bonds. The lowest BCUT2D eigenvalue weighted by molar-refractivity contribution is 0.181. The molecule has 4 heteroatoms. The Bertz CT molecular complexity index is 116. The molecule has 0 aromatic heterocycles. The minimum Gasteiger partial charge on any atom is -0.394 e. The molecular weight excluding hydrogens is 212 g/mol. The Balaban J connectivity index is 4.21. The van der Waals surface area contributed by atoms with E-state index < -0.39 is 8.56 Å². The van der Waals surface area contributed by atoms with Gasteiger partial charge in [0, 0.05) is 13.2 Å². The van der Waals surface area contributed by atoms with Gasteiger partial charge in [-0.3, -0.25) is 0 Å². The molecule has 0 fully saturated rings. The fraction of sp³-hybridized carbons (Fsp3) is 1.00. The zero-order valence-electron chi connectivity index (χ0n) is 9.71. The number of hydrogen-bond acceptors (Lipinski definition) is 3. The predicted molar refractivity (Wildman–Crippen MR) is 67.4 cm³/mol. The van der Waals surface area contributed by atoms with Crippen molar-refractivity contribution < 1.29 is 8.85 Å². The maximum absolute atomic E-state index is 5.90. The van der Waals surface area contributed by atoms with Gasteiger partial charge < -0.3 is 8.85 Å². The van der Waals surface area contributed by atoms with E-state index in [2.05, 4.69) is 33.4 Å². The van der Waals surface area contributed by atoms with Crippen molar-refractivity contribution >= 4 is 21.2 Å². The van der Waals surface area contributed by atoms with Crippen molar-refractivity contribution in [2.24, 2.45) is 0 Å².